The Hall–Kier alpha value is -2.39. The fraction of sp³-hybridized carbons (Fsp3) is 0.522. The van der Waals surface area contributed by atoms with E-state index in [-0.39, 0.29) is 35.6 Å². The van der Waals surface area contributed by atoms with Gasteiger partial charge in [0.15, 0.2) is 5.96 Å². The minimum Gasteiger partial charge on any atom is -0.382 e. The molecule has 0 fully saturated rings. The fourth-order valence-electron chi connectivity index (χ4n) is 3.06. The van der Waals surface area contributed by atoms with Crippen molar-refractivity contribution in [2.24, 2.45) is 4.99 Å². The number of aromatic nitrogens is 2. The van der Waals surface area contributed by atoms with Gasteiger partial charge in [-0.15, -0.1) is 24.0 Å². The highest BCUT2D eigenvalue weighted by atomic mass is 127. The average molecular weight is 571 g/mol. The van der Waals surface area contributed by atoms with Crippen LogP contribution in [0.15, 0.2) is 29.3 Å². The zero-order valence-corrected chi connectivity index (χ0v) is 21.8. The van der Waals surface area contributed by atoms with Crippen LogP contribution in [0.4, 0.5) is 10.2 Å². The van der Waals surface area contributed by atoms with E-state index in [1.165, 1.54) is 16.8 Å². The lowest BCUT2D eigenvalue weighted by atomic mass is 10.1. The van der Waals surface area contributed by atoms with Crippen LogP contribution in [0, 0.1) is 17.1 Å². The van der Waals surface area contributed by atoms with Gasteiger partial charge < -0.3 is 21.1 Å². The maximum Gasteiger partial charge on any atom is 0.191 e. The number of halogens is 2. The minimum absolute atomic E-state index is 0. The highest BCUT2D eigenvalue weighted by Crippen LogP contribution is 2.21. The van der Waals surface area contributed by atoms with E-state index in [4.69, 9.17) is 10.5 Å². The van der Waals surface area contributed by atoms with Crippen molar-refractivity contribution in [2.75, 3.05) is 38.6 Å². The third-order valence-electron chi connectivity index (χ3n) is 4.76. The number of benzene rings is 1. The summed E-state index contributed by atoms with van der Waals surface area (Å²) < 4.78 is 20.2. The lowest BCUT2D eigenvalue weighted by Gasteiger charge is -2.11. The fourth-order valence-corrected chi connectivity index (χ4v) is 3.06. The molecule has 10 heteroatoms. The number of nitrogens with one attached hydrogen (secondary N) is 2. The smallest absolute Gasteiger partial charge is 0.191 e. The Labute approximate surface area is 212 Å². The number of nitriles is 1. The molecular formula is C23H35FIN7O. The number of unbranched alkanes of at least 4 members (excludes halogenated alkanes) is 1. The zero-order chi connectivity index (χ0) is 23.2. The van der Waals surface area contributed by atoms with E-state index in [1.54, 1.807) is 12.1 Å². The number of nitrogen functional groups attached to an aromatic ring is 1. The topological polar surface area (TPSA) is 113 Å². The van der Waals surface area contributed by atoms with Crippen molar-refractivity contribution in [1.82, 2.24) is 20.4 Å². The van der Waals surface area contributed by atoms with Crippen molar-refractivity contribution in [1.29, 1.82) is 5.26 Å². The first-order valence-electron chi connectivity index (χ1n) is 11.2. The Morgan fingerprint density at radius 3 is 2.58 bits per heavy atom. The summed E-state index contributed by atoms with van der Waals surface area (Å²) in [4.78, 5) is 4.59. The molecule has 0 spiro atoms. The predicted octanol–water partition coefficient (Wildman–Crippen LogP) is 3.78. The number of nitrogens with two attached hydrogens (primary N) is 1. The second kappa shape index (κ2) is 16.3. The monoisotopic (exact) mass is 571 g/mol. The molecule has 1 heterocycles. The van der Waals surface area contributed by atoms with Gasteiger partial charge in [-0.05, 0) is 56.9 Å². The van der Waals surface area contributed by atoms with Crippen molar-refractivity contribution >= 4 is 35.8 Å². The zero-order valence-electron chi connectivity index (χ0n) is 19.4. The molecule has 0 saturated carbocycles. The van der Waals surface area contributed by atoms with Gasteiger partial charge in [0.05, 0.1) is 11.4 Å². The SMILES string of the molecule is CCCCOCCCNC(=NCCCc1nn(-c2ccc(F)cc2)c(N)c1C#N)NCC.I. The number of aryl methyl sites for hydroxylation is 1. The molecule has 2 aromatic rings. The summed E-state index contributed by atoms with van der Waals surface area (Å²) in [6, 6.07) is 7.97. The van der Waals surface area contributed by atoms with E-state index in [1.807, 2.05) is 6.92 Å². The molecule has 182 valence electrons. The molecule has 0 unspecified atom stereocenters. The average Bonchev–Trinajstić information content (AvgIpc) is 3.11. The van der Waals surface area contributed by atoms with Gasteiger partial charge in [-0.3, -0.25) is 4.99 Å². The summed E-state index contributed by atoms with van der Waals surface area (Å²) in [7, 11) is 0. The van der Waals surface area contributed by atoms with E-state index in [9.17, 15) is 9.65 Å². The molecule has 1 aromatic carbocycles. The molecule has 8 nitrogen and oxygen atoms in total. The number of aliphatic imine (C=N–C) groups is 1. The second-order valence-corrected chi connectivity index (χ2v) is 7.32. The molecule has 4 N–H and O–H groups in total. The minimum atomic E-state index is -0.341. The molecule has 1 aromatic heterocycles. The van der Waals surface area contributed by atoms with Crippen LogP contribution in [0.1, 0.15) is 50.8 Å². The van der Waals surface area contributed by atoms with Crippen molar-refractivity contribution in [3.8, 4) is 11.8 Å². The molecule has 0 saturated heterocycles. The van der Waals surface area contributed by atoms with E-state index in [2.05, 4.69) is 33.7 Å². The number of hydrogen-bond donors (Lipinski definition) is 3. The predicted molar refractivity (Wildman–Crippen MR) is 141 cm³/mol. The number of hydrogen-bond acceptors (Lipinski definition) is 5. The molecule has 0 aliphatic rings. The van der Waals surface area contributed by atoms with Crippen LogP contribution in [0.3, 0.4) is 0 Å². The van der Waals surface area contributed by atoms with Crippen LogP contribution >= 0.6 is 24.0 Å². The van der Waals surface area contributed by atoms with Gasteiger partial charge in [0.25, 0.3) is 0 Å². The number of rotatable bonds is 13. The van der Waals surface area contributed by atoms with Crippen LogP contribution < -0.4 is 16.4 Å². The van der Waals surface area contributed by atoms with E-state index >= 15 is 0 Å². The third-order valence-corrected chi connectivity index (χ3v) is 4.76. The maximum absolute atomic E-state index is 13.2. The highest BCUT2D eigenvalue weighted by Gasteiger charge is 2.16. The van der Waals surface area contributed by atoms with Gasteiger partial charge in [-0.25, -0.2) is 9.07 Å². The number of nitrogens with zero attached hydrogens (tertiary/aromatic N) is 4. The Morgan fingerprint density at radius 2 is 1.91 bits per heavy atom. The van der Waals surface area contributed by atoms with Crippen molar-refractivity contribution in [2.45, 2.75) is 46.0 Å². The molecular weight excluding hydrogens is 536 g/mol. The summed E-state index contributed by atoms with van der Waals surface area (Å²) in [6.45, 7) is 7.87. The Morgan fingerprint density at radius 1 is 1.18 bits per heavy atom. The van der Waals surface area contributed by atoms with Gasteiger partial charge in [0, 0.05) is 32.8 Å². The van der Waals surface area contributed by atoms with Gasteiger partial charge in [0.2, 0.25) is 0 Å². The second-order valence-electron chi connectivity index (χ2n) is 7.32. The summed E-state index contributed by atoms with van der Waals surface area (Å²) in [6.07, 6.45) is 4.43. The van der Waals surface area contributed by atoms with Crippen LogP contribution in [-0.4, -0.2) is 48.6 Å². The summed E-state index contributed by atoms with van der Waals surface area (Å²) >= 11 is 0. The maximum atomic E-state index is 13.2. The van der Waals surface area contributed by atoms with E-state index < -0.39 is 0 Å². The van der Waals surface area contributed by atoms with Gasteiger partial charge in [-0.1, -0.05) is 13.3 Å². The highest BCUT2D eigenvalue weighted by molar-refractivity contribution is 14.0. The standard InChI is InChI=1S/C23H34FN7O.HI/c1-3-5-15-32-16-7-14-29-23(27-4-2)28-13-6-8-21-20(17-25)22(26)31(30-21)19-11-9-18(24)10-12-19;/h9-12H,3-8,13-16,26H2,1-2H3,(H2,27,28,29);1H. The molecule has 0 radical (unpaired) electrons. The Kier molecular flexibility index (Phi) is 14.1. The van der Waals surface area contributed by atoms with Crippen LogP contribution in [0.5, 0.6) is 0 Å². The van der Waals surface area contributed by atoms with E-state index in [0.717, 1.165) is 51.5 Å². The third kappa shape index (κ3) is 9.55. The first kappa shape index (κ1) is 28.6. The number of anilines is 1. The van der Waals surface area contributed by atoms with Crippen molar-refractivity contribution in [3.63, 3.8) is 0 Å². The number of guanidine groups is 1. The van der Waals surface area contributed by atoms with Gasteiger partial charge >= 0.3 is 0 Å². The summed E-state index contributed by atoms with van der Waals surface area (Å²) in [5, 5.41) is 20.5. The van der Waals surface area contributed by atoms with Crippen LogP contribution in [0.2, 0.25) is 0 Å². The molecule has 33 heavy (non-hydrogen) atoms. The molecule has 0 amide bonds. The van der Waals surface area contributed by atoms with Crippen molar-refractivity contribution < 1.29 is 9.13 Å². The van der Waals surface area contributed by atoms with E-state index in [0.29, 0.717) is 36.3 Å². The van der Waals surface area contributed by atoms with Crippen LogP contribution in [0.25, 0.3) is 5.69 Å². The first-order chi connectivity index (χ1) is 15.6. The molecule has 0 atom stereocenters. The Balaban J connectivity index is 0.00000544. The molecule has 0 bridgehead atoms. The first-order valence-corrected chi connectivity index (χ1v) is 11.2. The largest absolute Gasteiger partial charge is 0.382 e. The lowest BCUT2D eigenvalue weighted by Crippen LogP contribution is -2.38. The van der Waals surface area contributed by atoms with Gasteiger partial charge in [0.1, 0.15) is 23.3 Å². The van der Waals surface area contributed by atoms with Gasteiger partial charge in [-0.2, -0.15) is 10.4 Å². The Bertz CT molecular complexity index is 893. The molecule has 0 aliphatic heterocycles. The quantitative estimate of drug-likeness (QED) is 0.146. The summed E-state index contributed by atoms with van der Waals surface area (Å²) in [5.41, 5.74) is 7.69. The molecule has 2 rings (SSSR count). The lowest BCUT2D eigenvalue weighted by molar-refractivity contribution is 0.129. The van der Waals surface area contributed by atoms with Crippen molar-refractivity contribution in [3.05, 3.63) is 41.3 Å². The summed E-state index contributed by atoms with van der Waals surface area (Å²) in [5.74, 6) is 0.680. The number of ether oxygens (including phenoxy) is 1. The molecule has 0 aliphatic carbocycles. The normalized spacial score (nSPS) is 11.0. The van der Waals surface area contributed by atoms with Crippen LogP contribution in [-0.2, 0) is 11.2 Å².